The van der Waals surface area contributed by atoms with E-state index in [0.717, 1.165) is 29.4 Å². The van der Waals surface area contributed by atoms with Crippen molar-refractivity contribution in [2.75, 3.05) is 18.6 Å². The summed E-state index contributed by atoms with van der Waals surface area (Å²) < 4.78 is 4.75. The van der Waals surface area contributed by atoms with Gasteiger partial charge in [-0.2, -0.15) is 0 Å². The standard InChI is InChI=1S/C14H21N3O2S/c1-9(2)13-16-10(15)6-11(17-13)20-8-14(4-5-14)7-12(18)19-3/h6,9H,4-5,7-8H2,1-3H3,(H2,15,16,17). The summed E-state index contributed by atoms with van der Waals surface area (Å²) in [4.78, 5) is 20.2. The number of ether oxygens (including phenoxy) is 1. The SMILES string of the molecule is COC(=O)CC1(CSc2cc(N)nc(C(C)C)n2)CC1. The number of carbonyl (C=O) groups is 1. The van der Waals surface area contributed by atoms with Gasteiger partial charge in [-0.15, -0.1) is 11.8 Å². The van der Waals surface area contributed by atoms with Crippen LogP contribution in [0.4, 0.5) is 5.82 Å². The molecule has 6 heteroatoms. The van der Waals surface area contributed by atoms with Crippen LogP contribution in [0.5, 0.6) is 0 Å². The van der Waals surface area contributed by atoms with E-state index in [1.54, 1.807) is 17.8 Å². The van der Waals surface area contributed by atoms with Crippen molar-refractivity contribution >= 4 is 23.5 Å². The zero-order valence-electron chi connectivity index (χ0n) is 12.2. The molecule has 1 saturated carbocycles. The maximum Gasteiger partial charge on any atom is 0.306 e. The van der Waals surface area contributed by atoms with Crippen LogP contribution in [0.15, 0.2) is 11.1 Å². The van der Waals surface area contributed by atoms with Gasteiger partial charge in [-0.05, 0) is 18.3 Å². The maximum atomic E-state index is 11.4. The molecular formula is C14H21N3O2S. The molecule has 2 N–H and O–H groups in total. The smallest absolute Gasteiger partial charge is 0.306 e. The molecule has 0 spiro atoms. The lowest BCUT2D eigenvalue weighted by Crippen LogP contribution is -2.13. The molecule has 1 aliphatic rings. The molecule has 0 aromatic carbocycles. The number of nitrogens with two attached hydrogens (primary N) is 1. The van der Waals surface area contributed by atoms with Crippen LogP contribution in [-0.4, -0.2) is 28.8 Å². The van der Waals surface area contributed by atoms with Gasteiger partial charge in [0, 0.05) is 17.7 Å². The van der Waals surface area contributed by atoms with E-state index in [4.69, 9.17) is 10.5 Å². The van der Waals surface area contributed by atoms with Gasteiger partial charge in [-0.25, -0.2) is 9.97 Å². The van der Waals surface area contributed by atoms with Crippen LogP contribution in [0.3, 0.4) is 0 Å². The highest BCUT2D eigenvalue weighted by Gasteiger charge is 2.44. The first kappa shape index (κ1) is 15.1. The van der Waals surface area contributed by atoms with Gasteiger partial charge >= 0.3 is 5.97 Å². The first-order chi connectivity index (χ1) is 9.44. The summed E-state index contributed by atoms with van der Waals surface area (Å²) in [5, 5.41) is 0.886. The summed E-state index contributed by atoms with van der Waals surface area (Å²) in [6.45, 7) is 4.09. The number of methoxy groups -OCH3 is 1. The Morgan fingerprint density at radius 1 is 1.50 bits per heavy atom. The van der Waals surface area contributed by atoms with Gasteiger partial charge in [0.25, 0.3) is 0 Å². The van der Waals surface area contributed by atoms with Gasteiger partial charge in [-0.3, -0.25) is 4.79 Å². The molecule has 0 atom stereocenters. The van der Waals surface area contributed by atoms with Crippen molar-refractivity contribution in [2.24, 2.45) is 5.41 Å². The fourth-order valence-corrected chi connectivity index (χ4v) is 3.15. The van der Waals surface area contributed by atoms with E-state index >= 15 is 0 Å². The predicted octanol–water partition coefficient (Wildman–Crippen LogP) is 2.62. The minimum absolute atomic E-state index is 0.0927. The van der Waals surface area contributed by atoms with Crippen LogP contribution in [0.2, 0.25) is 0 Å². The zero-order chi connectivity index (χ0) is 14.8. The number of anilines is 1. The summed E-state index contributed by atoms with van der Waals surface area (Å²) >= 11 is 1.65. The second-order valence-electron chi connectivity index (χ2n) is 5.69. The van der Waals surface area contributed by atoms with Crippen molar-refractivity contribution in [1.29, 1.82) is 0 Å². The molecule has 0 amide bonds. The summed E-state index contributed by atoms with van der Waals surface area (Å²) in [6, 6.07) is 1.80. The summed E-state index contributed by atoms with van der Waals surface area (Å²) in [5.41, 5.74) is 5.91. The molecule has 2 rings (SSSR count). The Morgan fingerprint density at radius 3 is 2.75 bits per heavy atom. The highest BCUT2D eigenvalue weighted by molar-refractivity contribution is 7.99. The number of carbonyl (C=O) groups excluding carboxylic acids is 1. The van der Waals surface area contributed by atoms with Crippen molar-refractivity contribution in [3.8, 4) is 0 Å². The van der Waals surface area contributed by atoms with Gasteiger partial charge in [0.05, 0.1) is 13.5 Å². The normalized spacial score (nSPS) is 16.2. The lowest BCUT2D eigenvalue weighted by molar-refractivity contribution is -0.141. The van der Waals surface area contributed by atoms with Crippen LogP contribution in [0.25, 0.3) is 0 Å². The zero-order valence-corrected chi connectivity index (χ0v) is 13.0. The molecule has 0 radical (unpaired) electrons. The first-order valence-electron chi connectivity index (χ1n) is 6.78. The Kier molecular flexibility index (Phi) is 4.52. The molecule has 0 unspecified atom stereocenters. The van der Waals surface area contributed by atoms with E-state index in [1.165, 1.54) is 7.11 Å². The third-order valence-corrected chi connectivity index (χ3v) is 4.75. The van der Waals surface area contributed by atoms with Gasteiger partial charge in [0.1, 0.15) is 16.7 Å². The van der Waals surface area contributed by atoms with Crippen LogP contribution in [0.1, 0.15) is 44.9 Å². The number of thioether (sulfide) groups is 1. The van der Waals surface area contributed by atoms with E-state index in [9.17, 15) is 4.79 Å². The Bertz CT molecular complexity index is 501. The quantitative estimate of drug-likeness (QED) is 0.494. The third-order valence-electron chi connectivity index (χ3n) is 3.49. The molecule has 1 fully saturated rings. The highest BCUT2D eigenvalue weighted by atomic mass is 32.2. The van der Waals surface area contributed by atoms with E-state index in [-0.39, 0.29) is 17.3 Å². The molecule has 110 valence electrons. The molecule has 1 heterocycles. The molecule has 5 nitrogen and oxygen atoms in total. The molecule has 1 aromatic heterocycles. The maximum absolute atomic E-state index is 11.4. The van der Waals surface area contributed by atoms with Gasteiger partial charge in [-0.1, -0.05) is 13.8 Å². The van der Waals surface area contributed by atoms with Crippen molar-refractivity contribution in [3.05, 3.63) is 11.9 Å². The second kappa shape index (κ2) is 5.99. The Labute approximate surface area is 123 Å². The van der Waals surface area contributed by atoms with Crippen molar-refractivity contribution < 1.29 is 9.53 Å². The van der Waals surface area contributed by atoms with Crippen molar-refractivity contribution in [1.82, 2.24) is 9.97 Å². The topological polar surface area (TPSA) is 78.1 Å². The van der Waals surface area contributed by atoms with E-state index < -0.39 is 0 Å². The lowest BCUT2D eigenvalue weighted by Gasteiger charge is -2.13. The largest absolute Gasteiger partial charge is 0.469 e. The van der Waals surface area contributed by atoms with Gasteiger partial charge < -0.3 is 10.5 Å². The average Bonchev–Trinajstić information content (AvgIpc) is 3.16. The van der Waals surface area contributed by atoms with Crippen LogP contribution in [0, 0.1) is 5.41 Å². The predicted molar refractivity (Wildman–Crippen MR) is 79.6 cm³/mol. The van der Waals surface area contributed by atoms with Gasteiger partial charge in [0.2, 0.25) is 0 Å². The number of hydrogen-bond donors (Lipinski definition) is 1. The fourth-order valence-electron chi connectivity index (χ4n) is 1.95. The van der Waals surface area contributed by atoms with Crippen LogP contribution >= 0.6 is 11.8 Å². The summed E-state index contributed by atoms with van der Waals surface area (Å²) in [6.07, 6.45) is 2.65. The third kappa shape index (κ3) is 3.85. The fraction of sp³-hybridized carbons (Fsp3) is 0.643. The molecule has 1 aromatic rings. The number of nitrogen functional groups attached to an aromatic ring is 1. The Hall–Kier alpha value is -1.30. The number of hydrogen-bond acceptors (Lipinski definition) is 6. The molecule has 0 bridgehead atoms. The van der Waals surface area contributed by atoms with Gasteiger partial charge in [0.15, 0.2) is 0 Å². The minimum atomic E-state index is -0.131. The summed E-state index contributed by atoms with van der Waals surface area (Å²) in [7, 11) is 1.44. The van der Waals surface area contributed by atoms with Crippen molar-refractivity contribution in [3.63, 3.8) is 0 Å². The van der Waals surface area contributed by atoms with E-state index in [2.05, 4.69) is 9.97 Å². The molecule has 0 aliphatic heterocycles. The van der Waals surface area contributed by atoms with Crippen LogP contribution < -0.4 is 5.73 Å². The number of esters is 1. The van der Waals surface area contributed by atoms with Crippen LogP contribution in [-0.2, 0) is 9.53 Å². The second-order valence-corrected chi connectivity index (χ2v) is 6.68. The number of rotatable bonds is 6. The van der Waals surface area contributed by atoms with E-state index in [0.29, 0.717) is 12.2 Å². The number of aromatic nitrogens is 2. The Balaban J connectivity index is 1.99. The molecule has 1 aliphatic carbocycles. The molecule has 0 saturated heterocycles. The highest BCUT2D eigenvalue weighted by Crippen LogP contribution is 2.52. The number of nitrogens with zero attached hydrogens (tertiary/aromatic N) is 2. The molecule has 20 heavy (non-hydrogen) atoms. The first-order valence-corrected chi connectivity index (χ1v) is 7.77. The molecular weight excluding hydrogens is 274 g/mol. The Morgan fingerprint density at radius 2 is 2.20 bits per heavy atom. The lowest BCUT2D eigenvalue weighted by atomic mass is 10.1. The van der Waals surface area contributed by atoms with E-state index in [1.807, 2.05) is 13.8 Å². The van der Waals surface area contributed by atoms with Crippen molar-refractivity contribution in [2.45, 2.75) is 44.1 Å². The minimum Gasteiger partial charge on any atom is -0.469 e. The summed E-state index contributed by atoms with van der Waals surface area (Å²) in [5.74, 6) is 2.26. The monoisotopic (exact) mass is 295 g/mol. The average molecular weight is 295 g/mol.